The van der Waals surface area contributed by atoms with E-state index in [2.05, 4.69) is 79.7 Å². The van der Waals surface area contributed by atoms with Gasteiger partial charge in [0.2, 0.25) is 0 Å². The molecule has 7 atom stereocenters. The van der Waals surface area contributed by atoms with Crippen LogP contribution < -0.4 is 0 Å². The van der Waals surface area contributed by atoms with Gasteiger partial charge in [-0.15, -0.1) is 0 Å². The summed E-state index contributed by atoms with van der Waals surface area (Å²) in [4.78, 5) is 5.49. The highest BCUT2D eigenvalue weighted by molar-refractivity contribution is 5.91. The van der Waals surface area contributed by atoms with Crippen LogP contribution in [0.15, 0.2) is 40.6 Å². The Balaban J connectivity index is 1.47. The number of fused-ring (bicyclic) bond motifs is 4. The standard InChI is InChI=1S/C38H59NO/c1-26(2)11-10-12-28(4)30-19-23-38(8)32-17-18-33-35(5,31(32)20-24-37(30,38)7)22-21-34(39-40-9)36(33,6)25-29-15-13-27(3)14-16-29/h13-16,26,28,30,33H,10-12,17-25H2,1-9H3/b39-34+/t28-,30-,33-,35-,36+,37-,38+/m1/s1. The van der Waals surface area contributed by atoms with Crippen molar-refractivity contribution in [1.82, 2.24) is 0 Å². The zero-order valence-corrected chi connectivity index (χ0v) is 27.5. The van der Waals surface area contributed by atoms with Crippen LogP contribution in [0.3, 0.4) is 0 Å². The maximum atomic E-state index is 5.49. The monoisotopic (exact) mass is 545 g/mol. The highest BCUT2D eigenvalue weighted by Gasteiger charge is 2.63. The molecule has 0 spiro atoms. The van der Waals surface area contributed by atoms with Crippen molar-refractivity contribution in [2.24, 2.45) is 50.5 Å². The van der Waals surface area contributed by atoms with E-state index in [9.17, 15) is 0 Å². The van der Waals surface area contributed by atoms with Gasteiger partial charge >= 0.3 is 0 Å². The molecule has 5 rings (SSSR count). The third-order valence-corrected chi connectivity index (χ3v) is 13.4. The molecule has 0 heterocycles. The van der Waals surface area contributed by atoms with Crippen molar-refractivity contribution in [3.8, 4) is 0 Å². The number of hydrogen-bond donors (Lipinski definition) is 0. The summed E-state index contributed by atoms with van der Waals surface area (Å²) in [5, 5.41) is 4.72. The Morgan fingerprint density at radius 1 is 0.875 bits per heavy atom. The Bertz CT molecular complexity index is 1130. The van der Waals surface area contributed by atoms with Crippen LogP contribution in [0.4, 0.5) is 0 Å². The van der Waals surface area contributed by atoms with Gasteiger partial charge in [0.15, 0.2) is 0 Å². The lowest BCUT2D eigenvalue weighted by atomic mass is 9.42. The Kier molecular flexibility index (Phi) is 8.17. The molecule has 0 aliphatic heterocycles. The smallest absolute Gasteiger partial charge is 0.106 e. The Morgan fingerprint density at radius 2 is 1.60 bits per heavy atom. The summed E-state index contributed by atoms with van der Waals surface area (Å²) in [5.41, 5.74) is 8.98. The minimum absolute atomic E-state index is 0.0294. The third kappa shape index (κ3) is 4.72. The molecular formula is C38H59NO. The molecule has 2 nitrogen and oxygen atoms in total. The summed E-state index contributed by atoms with van der Waals surface area (Å²) < 4.78 is 0. The summed E-state index contributed by atoms with van der Waals surface area (Å²) in [5.74, 6) is 3.17. The highest BCUT2D eigenvalue weighted by atomic mass is 16.6. The average molecular weight is 546 g/mol. The molecule has 4 aliphatic rings. The van der Waals surface area contributed by atoms with E-state index in [1.54, 1.807) is 7.11 Å². The number of hydrogen-bond acceptors (Lipinski definition) is 2. The van der Waals surface area contributed by atoms with Crippen LogP contribution in [0.5, 0.6) is 0 Å². The quantitative estimate of drug-likeness (QED) is 0.235. The van der Waals surface area contributed by atoms with Gasteiger partial charge in [-0.1, -0.05) is 114 Å². The van der Waals surface area contributed by atoms with E-state index in [-0.39, 0.29) is 10.8 Å². The normalized spacial score (nSPS) is 39.2. The molecule has 0 unspecified atom stereocenters. The van der Waals surface area contributed by atoms with Gasteiger partial charge in [0.25, 0.3) is 0 Å². The average Bonchev–Trinajstić information content (AvgIpc) is 3.18. The van der Waals surface area contributed by atoms with Crippen LogP contribution in [-0.2, 0) is 11.3 Å². The SMILES string of the molecule is CO/N=C1\CC[C@]2(C)C3=C(CC[C@H]2[C@]1(C)Cc1ccc(C)cc1)[C@]1(C)CC[C@H]([C@H](C)CCCC(C)C)[C@@]1(C)CC3. The van der Waals surface area contributed by atoms with Crippen molar-refractivity contribution < 1.29 is 4.84 Å². The van der Waals surface area contributed by atoms with Crippen molar-refractivity contribution >= 4 is 5.71 Å². The van der Waals surface area contributed by atoms with Crippen molar-refractivity contribution in [3.63, 3.8) is 0 Å². The zero-order chi connectivity index (χ0) is 28.9. The van der Waals surface area contributed by atoms with Gasteiger partial charge in [-0.2, -0.15) is 0 Å². The van der Waals surface area contributed by atoms with E-state index >= 15 is 0 Å². The number of nitrogens with zero attached hydrogens (tertiary/aromatic N) is 1. The van der Waals surface area contributed by atoms with Crippen LogP contribution in [0.2, 0.25) is 0 Å². The summed E-state index contributed by atoms with van der Waals surface area (Å²) in [6.07, 6.45) is 15.7. The highest BCUT2D eigenvalue weighted by Crippen LogP contribution is 2.72. The molecule has 2 saturated carbocycles. The predicted molar refractivity (Wildman–Crippen MR) is 171 cm³/mol. The third-order valence-electron chi connectivity index (χ3n) is 13.4. The number of benzene rings is 1. The fourth-order valence-corrected chi connectivity index (χ4v) is 10.9. The molecule has 2 fully saturated rings. The summed E-state index contributed by atoms with van der Waals surface area (Å²) in [7, 11) is 1.73. The van der Waals surface area contributed by atoms with Gasteiger partial charge in [-0.25, -0.2) is 0 Å². The van der Waals surface area contributed by atoms with Gasteiger partial charge < -0.3 is 4.84 Å². The molecule has 0 N–H and O–H groups in total. The molecule has 4 aliphatic carbocycles. The number of allylic oxidation sites excluding steroid dienone is 2. The van der Waals surface area contributed by atoms with Crippen molar-refractivity contribution in [3.05, 3.63) is 46.5 Å². The topological polar surface area (TPSA) is 21.6 Å². The Labute approximate surface area is 246 Å². The maximum absolute atomic E-state index is 5.49. The summed E-state index contributed by atoms with van der Waals surface area (Å²) in [6.45, 7) is 20.2. The molecule has 0 amide bonds. The molecule has 2 heteroatoms. The Hall–Kier alpha value is -1.57. The lowest BCUT2D eigenvalue weighted by Crippen LogP contribution is -2.55. The molecule has 222 valence electrons. The molecule has 0 bridgehead atoms. The summed E-state index contributed by atoms with van der Waals surface area (Å²) in [6, 6.07) is 9.24. The van der Waals surface area contributed by atoms with Crippen LogP contribution in [-0.4, -0.2) is 12.8 Å². The van der Waals surface area contributed by atoms with Crippen LogP contribution in [0, 0.1) is 52.3 Å². The Morgan fingerprint density at radius 3 is 2.27 bits per heavy atom. The minimum atomic E-state index is 0.0294. The second kappa shape index (κ2) is 10.9. The molecule has 0 aromatic heterocycles. The zero-order valence-electron chi connectivity index (χ0n) is 27.5. The van der Waals surface area contributed by atoms with Crippen molar-refractivity contribution in [2.45, 2.75) is 132 Å². The van der Waals surface area contributed by atoms with Gasteiger partial charge in [0.1, 0.15) is 7.11 Å². The number of oxime groups is 1. The van der Waals surface area contributed by atoms with Crippen molar-refractivity contribution in [2.75, 3.05) is 7.11 Å². The first-order chi connectivity index (χ1) is 18.9. The number of rotatable bonds is 8. The minimum Gasteiger partial charge on any atom is -0.399 e. The first-order valence-corrected chi connectivity index (χ1v) is 16.8. The van der Waals surface area contributed by atoms with Gasteiger partial charge in [0, 0.05) is 5.41 Å². The lowest BCUT2D eigenvalue weighted by Gasteiger charge is -2.62. The second-order valence-corrected chi connectivity index (χ2v) is 16.0. The van der Waals surface area contributed by atoms with Crippen LogP contribution >= 0.6 is 0 Å². The first kappa shape index (κ1) is 29.9. The second-order valence-electron chi connectivity index (χ2n) is 16.0. The number of aryl methyl sites for hydroxylation is 1. The predicted octanol–water partition coefficient (Wildman–Crippen LogP) is 10.7. The van der Waals surface area contributed by atoms with Crippen LogP contribution in [0.1, 0.15) is 130 Å². The van der Waals surface area contributed by atoms with E-state index < -0.39 is 0 Å². The van der Waals surface area contributed by atoms with Crippen LogP contribution in [0.25, 0.3) is 0 Å². The molecule has 0 radical (unpaired) electrons. The van der Waals surface area contributed by atoms with Gasteiger partial charge in [-0.05, 0) is 110 Å². The van der Waals surface area contributed by atoms with E-state index in [0.29, 0.717) is 16.7 Å². The first-order valence-electron chi connectivity index (χ1n) is 16.8. The maximum Gasteiger partial charge on any atom is 0.106 e. The largest absolute Gasteiger partial charge is 0.399 e. The molecule has 40 heavy (non-hydrogen) atoms. The van der Waals surface area contributed by atoms with E-state index in [1.807, 2.05) is 11.1 Å². The molecular weight excluding hydrogens is 486 g/mol. The fraction of sp³-hybridized carbons (Fsp3) is 0.763. The van der Waals surface area contributed by atoms with E-state index in [1.165, 1.54) is 81.0 Å². The lowest BCUT2D eigenvalue weighted by molar-refractivity contribution is 0.00563. The van der Waals surface area contributed by atoms with Gasteiger partial charge in [0.05, 0.1) is 5.71 Å². The van der Waals surface area contributed by atoms with Gasteiger partial charge in [-0.3, -0.25) is 0 Å². The van der Waals surface area contributed by atoms with Crippen molar-refractivity contribution in [1.29, 1.82) is 0 Å². The fourth-order valence-electron chi connectivity index (χ4n) is 10.9. The molecule has 1 aromatic carbocycles. The van der Waals surface area contributed by atoms with E-state index in [4.69, 9.17) is 9.99 Å². The summed E-state index contributed by atoms with van der Waals surface area (Å²) >= 11 is 0. The van der Waals surface area contributed by atoms with E-state index in [0.717, 1.165) is 30.6 Å². The molecule has 0 saturated heterocycles. The molecule has 1 aromatic rings.